The van der Waals surface area contributed by atoms with Crippen LogP contribution in [-0.2, 0) is 19.1 Å². The molecule has 0 spiro atoms. The Bertz CT molecular complexity index is 487. The number of ether oxygens (including phenoxy) is 2. The minimum Gasteiger partial charge on any atom is -0.462 e. The zero-order valence-corrected chi connectivity index (χ0v) is 19.9. The second-order valence-corrected chi connectivity index (χ2v) is 9.73. The standard InChI is InChI=1S/C22H44N2O4/c1-13(2)18(23-15(5)6)20(25)28-17(9)12-22(10,11)24-19(14(3)4)21(26)27-16(7)8/h13-19,23-24H,12H2,1-11H3/t17?,18-,19?/m1/s1. The lowest BCUT2D eigenvalue weighted by atomic mass is 9.93. The zero-order chi connectivity index (χ0) is 22.2. The topological polar surface area (TPSA) is 76.7 Å². The molecule has 28 heavy (non-hydrogen) atoms. The van der Waals surface area contributed by atoms with Gasteiger partial charge in [0.05, 0.1) is 6.10 Å². The minimum absolute atomic E-state index is 0.0870. The maximum Gasteiger partial charge on any atom is 0.323 e. The van der Waals surface area contributed by atoms with Crippen molar-refractivity contribution in [2.24, 2.45) is 11.8 Å². The molecule has 0 bridgehead atoms. The molecule has 3 atom stereocenters. The summed E-state index contributed by atoms with van der Waals surface area (Å²) in [5, 5.41) is 6.68. The number of esters is 2. The molecule has 0 aliphatic heterocycles. The Morgan fingerprint density at radius 2 is 1.25 bits per heavy atom. The van der Waals surface area contributed by atoms with E-state index < -0.39 is 11.6 Å². The molecule has 0 aliphatic rings. The smallest absolute Gasteiger partial charge is 0.323 e. The van der Waals surface area contributed by atoms with Crippen molar-refractivity contribution in [3.8, 4) is 0 Å². The van der Waals surface area contributed by atoms with Crippen molar-refractivity contribution in [1.82, 2.24) is 10.6 Å². The van der Waals surface area contributed by atoms with Crippen molar-refractivity contribution in [2.75, 3.05) is 0 Å². The SMILES string of the molecule is CC(C)N[C@@H](C(=O)OC(C)CC(C)(C)NC(C(=O)OC(C)C)C(C)C)C(C)C. The van der Waals surface area contributed by atoms with Crippen molar-refractivity contribution in [2.45, 2.75) is 118 Å². The van der Waals surface area contributed by atoms with Crippen LogP contribution in [0.1, 0.15) is 82.6 Å². The first-order valence-corrected chi connectivity index (χ1v) is 10.6. The number of nitrogens with one attached hydrogen (secondary N) is 2. The first-order chi connectivity index (χ1) is 12.7. The Morgan fingerprint density at radius 1 is 0.786 bits per heavy atom. The molecule has 0 saturated carbocycles. The Morgan fingerprint density at radius 3 is 1.64 bits per heavy atom. The van der Waals surface area contributed by atoms with E-state index in [0.29, 0.717) is 6.42 Å². The molecule has 0 fully saturated rings. The molecular formula is C22H44N2O4. The van der Waals surface area contributed by atoms with E-state index in [1.54, 1.807) is 0 Å². The monoisotopic (exact) mass is 400 g/mol. The van der Waals surface area contributed by atoms with Gasteiger partial charge >= 0.3 is 11.9 Å². The van der Waals surface area contributed by atoms with Crippen molar-refractivity contribution in [3.05, 3.63) is 0 Å². The molecule has 0 radical (unpaired) electrons. The van der Waals surface area contributed by atoms with E-state index in [9.17, 15) is 9.59 Å². The molecular weight excluding hydrogens is 356 g/mol. The predicted octanol–water partition coefficient (Wildman–Crippen LogP) is 3.68. The number of rotatable bonds is 12. The highest BCUT2D eigenvalue weighted by molar-refractivity contribution is 5.77. The third kappa shape index (κ3) is 10.4. The fourth-order valence-corrected chi connectivity index (χ4v) is 3.21. The zero-order valence-electron chi connectivity index (χ0n) is 19.9. The fourth-order valence-electron chi connectivity index (χ4n) is 3.21. The van der Waals surface area contributed by atoms with Crippen LogP contribution in [0, 0.1) is 11.8 Å². The highest BCUT2D eigenvalue weighted by Gasteiger charge is 2.33. The molecule has 0 aromatic heterocycles. The van der Waals surface area contributed by atoms with Crippen LogP contribution in [0.5, 0.6) is 0 Å². The van der Waals surface area contributed by atoms with Crippen LogP contribution in [0.25, 0.3) is 0 Å². The second-order valence-electron chi connectivity index (χ2n) is 9.73. The lowest BCUT2D eigenvalue weighted by molar-refractivity contribution is -0.155. The van der Waals surface area contributed by atoms with Crippen molar-refractivity contribution in [3.63, 3.8) is 0 Å². The average molecular weight is 401 g/mol. The summed E-state index contributed by atoms with van der Waals surface area (Å²) >= 11 is 0. The summed E-state index contributed by atoms with van der Waals surface area (Å²) in [4.78, 5) is 25.0. The van der Waals surface area contributed by atoms with Gasteiger partial charge in [-0.05, 0) is 46.5 Å². The van der Waals surface area contributed by atoms with Gasteiger partial charge in [0.2, 0.25) is 0 Å². The van der Waals surface area contributed by atoms with Crippen LogP contribution in [0.15, 0.2) is 0 Å². The van der Waals surface area contributed by atoms with E-state index in [1.807, 2.05) is 76.2 Å². The van der Waals surface area contributed by atoms with Crippen molar-refractivity contribution >= 4 is 11.9 Å². The normalized spacial score (nSPS) is 15.8. The Balaban J connectivity index is 4.96. The van der Waals surface area contributed by atoms with Crippen LogP contribution >= 0.6 is 0 Å². The molecule has 0 saturated heterocycles. The third-order valence-corrected chi connectivity index (χ3v) is 4.37. The maximum absolute atomic E-state index is 12.6. The Hall–Kier alpha value is -1.14. The number of hydrogen-bond donors (Lipinski definition) is 2. The molecule has 0 aliphatic carbocycles. The molecule has 2 unspecified atom stereocenters. The highest BCUT2D eigenvalue weighted by atomic mass is 16.5. The maximum atomic E-state index is 12.6. The predicted molar refractivity (Wildman–Crippen MR) is 114 cm³/mol. The number of carbonyl (C=O) groups excluding carboxylic acids is 2. The average Bonchev–Trinajstić information content (AvgIpc) is 2.47. The summed E-state index contributed by atoms with van der Waals surface area (Å²) in [6.45, 7) is 21.6. The quantitative estimate of drug-likeness (QED) is 0.487. The van der Waals surface area contributed by atoms with E-state index in [4.69, 9.17) is 9.47 Å². The van der Waals surface area contributed by atoms with Crippen LogP contribution < -0.4 is 10.6 Å². The third-order valence-electron chi connectivity index (χ3n) is 4.37. The van der Waals surface area contributed by atoms with Gasteiger partial charge in [-0.1, -0.05) is 41.5 Å². The molecule has 0 rings (SSSR count). The van der Waals surface area contributed by atoms with Gasteiger partial charge in [0.15, 0.2) is 0 Å². The first-order valence-electron chi connectivity index (χ1n) is 10.6. The summed E-state index contributed by atoms with van der Waals surface area (Å²) in [7, 11) is 0. The Labute approximate surface area is 172 Å². The molecule has 0 amide bonds. The van der Waals surface area contributed by atoms with Gasteiger partial charge in [-0.3, -0.25) is 14.9 Å². The van der Waals surface area contributed by atoms with Crippen molar-refractivity contribution < 1.29 is 19.1 Å². The van der Waals surface area contributed by atoms with E-state index in [1.165, 1.54) is 0 Å². The molecule has 0 aromatic carbocycles. The van der Waals surface area contributed by atoms with Gasteiger partial charge in [0.25, 0.3) is 0 Å². The number of hydrogen-bond acceptors (Lipinski definition) is 6. The largest absolute Gasteiger partial charge is 0.462 e. The summed E-state index contributed by atoms with van der Waals surface area (Å²) in [5.41, 5.74) is -0.399. The summed E-state index contributed by atoms with van der Waals surface area (Å²) in [6.07, 6.45) is 0.155. The van der Waals surface area contributed by atoms with Crippen LogP contribution in [0.4, 0.5) is 0 Å². The summed E-state index contributed by atoms with van der Waals surface area (Å²) in [6, 6.07) is -0.540. The fraction of sp³-hybridized carbons (Fsp3) is 0.909. The van der Waals surface area contributed by atoms with Gasteiger partial charge in [-0.25, -0.2) is 0 Å². The van der Waals surface area contributed by atoms with Gasteiger partial charge in [0, 0.05) is 18.0 Å². The van der Waals surface area contributed by atoms with Crippen LogP contribution in [0.2, 0.25) is 0 Å². The number of carbonyl (C=O) groups is 2. The van der Waals surface area contributed by atoms with Crippen molar-refractivity contribution in [1.29, 1.82) is 0 Å². The molecule has 2 N–H and O–H groups in total. The van der Waals surface area contributed by atoms with Crippen LogP contribution in [-0.4, -0.2) is 47.8 Å². The molecule has 166 valence electrons. The van der Waals surface area contributed by atoms with Crippen LogP contribution in [0.3, 0.4) is 0 Å². The lowest BCUT2D eigenvalue weighted by Crippen LogP contribution is -2.54. The minimum atomic E-state index is -0.411. The van der Waals surface area contributed by atoms with E-state index in [0.717, 1.165) is 0 Å². The molecule has 6 nitrogen and oxygen atoms in total. The van der Waals surface area contributed by atoms with Gasteiger partial charge < -0.3 is 14.8 Å². The first kappa shape index (κ1) is 26.9. The van der Waals surface area contributed by atoms with Gasteiger partial charge in [-0.15, -0.1) is 0 Å². The molecule has 6 heteroatoms. The molecule has 0 aromatic rings. The summed E-state index contributed by atoms with van der Waals surface area (Å²) in [5.74, 6) is -0.247. The summed E-state index contributed by atoms with van der Waals surface area (Å²) < 4.78 is 11.1. The lowest BCUT2D eigenvalue weighted by Gasteiger charge is -2.35. The van der Waals surface area contributed by atoms with E-state index >= 15 is 0 Å². The highest BCUT2D eigenvalue weighted by Crippen LogP contribution is 2.19. The van der Waals surface area contributed by atoms with Gasteiger partial charge in [-0.2, -0.15) is 0 Å². The van der Waals surface area contributed by atoms with E-state index in [2.05, 4.69) is 10.6 Å². The Kier molecular flexibility index (Phi) is 11.3. The van der Waals surface area contributed by atoms with Gasteiger partial charge in [0.1, 0.15) is 18.2 Å². The second kappa shape index (κ2) is 11.8. The van der Waals surface area contributed by atoms with E-state index in [-0.39, 0.29) is 48.1 Å². The molecule has 0 heterocycles.